The predicted octanol–water partition coefficient (Wildman–Crippen LogP) is 4.42. The number of anilines is 1. The summed E-state index contributed by atoms with van der Waals surface area (Å²) in [4.78, 5) is 4.72. The normalized spacial score (nSPS) is 21.9. The molecule has 0 aromatic heterocycles. The summed E-state index contributed by atoms with van der Waals surface area (Å²) in [6.45, 7) is 0.996. The monoisotopic (exact) mass is 280 g/mol. The third kappa shape index (κ3) is 2.67. The minimum atomic E-state index is 0.510. The number of halogens is 1. The van der Waals surface area contributed by atoms with E-state index in [0.29, 0.717) is 5.41 Å². The van der Waals surface area contributed by atoms with Gasteiger partial charge in [-0.3, -0.25) is 4.99 Å². The van der Waals surface area contributed by atoms with Crippen LogP contribution in [-0.2, 0) is 0 Å². The SMILES string of the molecule is Clc1ccc(NC2=NCC3(CCCC3)CS2)cc1. The van der Waals surface area contributed by atoms with Gasteiger partial charge in [0.25, 0.3) is 0 Å². The zero-order chi connectivity index (χ0) is 12.4. The minimum Gasteiger partial charge on any atom is -0.335 e. The molecule has 1 spiro atoms. The van der Waals surface area contributed by atoms with E-state index < -0.39 is 0 Å². The van der Waals surface area contributed by atoms with Crippen LogP contribution in [0.3, 0.4) is 0 Å². The van der Waals surface area contributed by atoms with Gasteiger partial charge in [-0.05, 0) is 42.5 Å². The minimum absolute atomic E-state index is 0.510. The Bertz CT molecular complexity index is 449. The Morgan fingerprint density at radius 2 is 1.89 bits per heavy atom. The van der Waals surface area contributed by atoms with Crippen molar-refractivity contribution in [3.8, 4) is 0 Å². The molecule has 1 heterocycles. The van der Waals surface area contributed by atoms with Crippen LogP contribution in [0, 0.1) is 5.41 Å². The van der Waals surface area contributed by atoms with Gasteiger partial charge in [0.05, 0.1) is 0 Å². The quantitative estimate of drug-likeness (QED) is 0.824. The lowest BCUT2D eigenvalue weighted by Crippen LogP contribution is -2.30. The van der Waals surface area contributed by atoms with E-state index in [1.807, 2.05) is 36.0 Å². The molecule has 1 aliphatic heterocycles. The average molecular weight is 281 g/mol. The van der Waals surface area contributed by atoms with Crippen molar-refractivity contribution in [3.63, 3.8) is 0 Å². The Balaban J connectivity index is 1.64. The van der Waals surface area contributed by atoms with Gasteiger partial charge in [0.15, 0.2) is 5.17 Å². The summed E-state index contributed by atoms with van der Waals surface area (Å²) in [6.07, 6.45) is 5.49. The zero-order valence-electron chi connectivity index (χ0n) is 10.3. The summed E-state index contributed by atoms with van der Waals surface area (Å²) in [6, 6.07) is 7.78. The lowest BCUT2D eigenvalue weighted by atomic mass is 9.89. The van der Waals surface area contributed by atoms with E-state index in [1.165, 1.54) is 31.4 Å². The first-order valence-corrected chi connectivity index (χ1v) is 7.82. The molecule has 4 heteroatoms. The van der Waals surface area contributed by atoms with Gasteiger partial charge < -0.3 is 5.32 Å². The molecule has 1 aromatic carbocycles. The average Bonchev–Trinajstić information content (AvgIpc) is 2.84. The molecule has 1 aliphatic carbocycles. The summed E-state index contributed by atoms with van der Waals surface area (Å²) < 4.78 is 0. The second-order valence-corrected chi connectivity index (χ2v) is 6.65. The van der Waals surface area contributed by atoms with Crippen molar-refractivity contribution in [2.45, 2.75) is 25.7 Å². The topological polar surface area (TPSA) is 24.4 Å². The predicted molar refractivity (Wildman–Crippen MR) is 80.7 cm³/mol. The fourth-order valence-corrected chi connectivity index (χ4v) is 4.01. The Kier molecular flexibility index (Phi) is 3.53. The molecular formula is C14H17ClN2S. The van der Waals surface area contributed by atoms with Crippen LogP contribution >= 0.6 is 23.4 Å². The standard InChI is InChI=1S/C14H17ClN2S/c15-11-3-5-12(6-4-11)17-13-16-9-14(10-18-13)7-1-2-8-14/h3-6H,1-2,7-10H2,(H,16,17). The van der Waals surface area contributed by atoms with E-state index in [-0.39, 0.29) is 0 Å². The van der Waals surface area contributed by atoms with Crippen LogP contribution in [-0.4, -0.2) is 17.5 Å². The molecule has 0 amide bonds. The molecule has 0 radical (unpaired) electrons. The second-order valence-electron chi connectivity index (χ2n) is 5.25. The third-order valence-electron chi connectivity index (χ3n) is 3.83. The van der Waals surface area contributed by atoms with Gasteiger partial charge >= 0.3 is 0 Å². The number of aliphatic imine (C=N–C) groups is 1. The van der Waals surface area contributed by atoms with Crippen molar-refractivity contribution in [1.82, 2.24) is 0 Å². The fourth-order valence-electron chi connectivity index (χ4n) is 2.71. The maximum absolute atomic E-state index is 5.87. The van der Waals surface area contributed by atoms with Gasteiger partial charge in [-0.1, -0.05) is 36.2 Å². The molecule has 1 fully saturated rings. The van der Waals surface area contributed by atoms with Gasteiger partial charge in [0.1, 0.15) is 0 Å². The first-order valence-electron chi connectivity index (χ1n) is 6.46. The van der Waals surface area contributed by atoms with Crippen molar-refractivity contribution >= 4 is 34.2 Å². The second kappa shape index (κ2) is 5.14. The van der Waals surface area contributed by atoms with E-state index >= 15 is 0 Å². The van der Waals surface area contributed by atoms with Crippen LogP contribution in [0.4, 0.5) is 5.69 Å². The third-order valence-corrected chi connectivity index (χ3v) is 5.35. The van der Waals surface area contributed by atoms with Gasteiger partial charge in [-0.25, -0.2) is 0 Å². The summed E-state index contributed by atoms with van der Waals surface area (Å²) >= 11 is 7.74. The fraction of sp³-hybridized carbons (Fsp3) is 0.500. The maximum atomic E-state index is 5.87. The van der Waals surface area contributed by atoms with Crippen LogP contribution in [0.25, 0.3) is 0 Å². The van der Waals surface area contributed by atoms with Crippen molar-refractivity contribution in [2.75, 3.05) is 17.6 Å². The highest BCUT2D eigenvalue weighted by molar-refractivity contribution is 8.14. The summed E-state index contributed by atoms with van der Waals surface area (Å²) in [5.41, 5.74) is 1.57. The smallest absolute Gasteiger partial charge is 0.161 e. The van der Waals surface area contributed by atoms with Gasteiger partial charge in [0, 0.05) is 23.0 Å². The molecule has 96 valence electrons. The number of nitrogens with zero attached hydrogens (tertiary/aromatic N) is 1. The van der Waals surface area contributed by atoms with Crippen molar-refractivity contribution < 1.29 is 0 Å². The molecule has 0 unspecified atom stereocenters. The highest BCUT2D eigenvalue weighted by Gasteiger charge is 2.36. The van der Waals surface area contributed by atoms with Crippen molar-refractivity contribution in [2.24, 2.45) is 10.4 Å². The molecular weight excluding hydrogens is 264 g/mol. The van der Waals surface area contributed by atoms with E-state index in [2.05, 4.69) is 5.32 Å². The highest BCUT2D eigenvalue weighted by atomic mass is 35.5. The van der Waals surface area contributed by atoms with Gasteiger partial charge in [0.2, 0.25) is 0 Å². The van der Waals surface area contributed by atoms with Gasteiger partial charge in [-0.2, -0.15) is 0 Å². The molecule has 18 heavy (non-hydrogen) atoms. The Morgan fingerprint density at radius 3 is 2.50 bits per heavy atom. The van der Waals surface area contributed by atoms with Crippen LogP contribution in [0.2, 0.25) is 5.02 Å². The molecule has 2 aliphatic rings. The number of benzene rings is 1. The van der Waals surface area contributed by atoms with E-state index in [4.69, 9.17) is 16.6 Å². The largest absolute Gasteiger partial charge is 0.335 e. The molecule has 1 saturated carbocycles. The maximum Gasteiger partial charge on any atom is 0.161 e. The zero-order valence-corrected chi connectivity index (χ0v) is 11.9. The lowest BCUT2D eigenvalue weighted by Gasteiger charge is -2.31. The number of hydrogen-bond acceptors (Lipinski definition) is 3. The van der Waals surface area contributed by atoms with Crippen LogP contribution in [0.15, 0.2) is 29.3 Å². The lowest BCUT2D eigenvalue weighted by molar-refractivity contribution is 0.359. The molecule has 2 nitrogen and oxygen atoms in total. The summed E-state index contributed by atoms with van der Waals surface area (Å²) in [7, 11) is 0. The van der Waals surface area contributed by atoms with Crippen LogP contribution in [0.5, 0.6) is 0 Å². The molecule has 0 bridgehead atoms. The van der Waals surface area contributed by atoms with Crippen molar-refractivity contribution in [1.29, 1.82) is 0 Å². The number of hydrogen-bond donors (Lipinski definition) is 1. The first-order chi connectivity index (χ1) is 8.76. The molecule has 1 aromatic rings. The summed E-state index contributed by atoms with van der Waals surface area (Å²) in [5, 5.41) is 5.19. The summed E-state index contributed by atoms with van der Waals surface area (Å²) in [5.74, 6) is 1.21. The highest BCUT2D eigenvalue weighted by Crippen LogP contribution is 2.43. The first kappa shape index (κ1) is 12.4. The van der Waals surface area contributed by atoms with Crippen molar-refractivity contribution in [3.05, 3.63) is 29.3 Å². The molecule has 1 N–H and O–H groups in total. The molecule has 0 saturated heterocycles. The van der Waals surface area contributed by atoms with E-state index in [9.17, 15) is 0 Å². The van der Waals surface area contributed by atoms with Crippen LogP contribution < -0.4 is 5.32 Å². The molecule has 3 rings (SSSR count). The van der Waals surface area contributed by atoms with Crippen LogP contribution in [0.1, 0.15) is 25.7 Å². The number of nitrogens with one attached hydrogen (secondary N) is 1. The number of rotatable bonds is 1. The Hall–Kier alpha value is -0.670. The Morgan fingerprint density at radius 1 is 1.17 bits per heavy atom. The number of amidine groups is 1. The molecule has 0 atom stereocenters. The van der Waals surface area contributed by atoms with E-state index in [0.717, 1.165) is 22.4 Å². The van der Waals surface area contributed by atoms with E-state index in [1.54, 1.807) is 0 Å². The Labute approximate surface area is 117 Å². The number of thioether (sulfide) groups is 1. The van der Waals surface area contributed by atoms with Gasteiger partial charge in [-0.15, -0.1) is 0 Å².